The summed E-state index contributed by atoms with van der Waals surface area (Å²) in [7, 11) is 0. The third-order valence-corrected chi connectivity index (χ3v) is 3.24. The predicted octanol–water partition coefficient (Wildman–Crippen LogP) is 3.25. The Morgan fingerprint density at radius 1 is 1.28 bits per heavy atom. The van der Waals surface area contributed by atoms with Crippen LogP contribution in [-0.2, 0) is 11.3 Å². The number of benzene rings is 1. The van der Waals surface area contributed by atoms with Crippen LogP contribution >= 0.6 is 11.3 Å². The maximum absolute atomic E-state index is 11.6. The number of hydrogen-bond acceptors (Lipinski definition) is 5. The maximum Gasteiger partial charge on any atom is 0.348 e. The van der Waals surface area contributed by atoms with Gasteiger partial charge in [0.25, 0.3) is 0 Å². The molecule has 0 spiro atoms. The number of thiophene rings is 1. The van der Waals surface area contributed by atoms with E-state index >= 15 is 0 Å². The number of ether oxygens (including phenoxy) is 1. The highest BCUT2D eigenvalue weighted by Gasteiger charge is 2.11. The summed E-state index contributed by atoms with van der Waals surface area (Å²) in [6.07, 6.45) is 0. The van der Waals surface area contributed by atoms with Gasteiger partial charge in [-0.3, -0.25) is 0 Å². The summed E-state index contributed by atoms with van der Waals surface area (Å²) in [6, 6.07) is 11.0. The normalized spacial score (nSPS) is 10.7. The number of carbonyl (C=O) groups excluding carboxylic acids is 1. The van der Waals surface area contributed by atoms with Crippen LogP contribution in [0.2, 0.25) is 0 Å². The van der Waals surface area contributed by atoms with Gasteiger partial charge in [0, 0.05) is 0 Å². The third kappa shape index (κ3) is 2.12. The van der Waals surface area contributed by atoms with Crippen molar-refractivity contribution in [3.8, 4) is 0 Å². The van der Waals surface area contributed by atoms with Gasteiger partial charge in [0.1, 0.15) is 10.4 Å². The summed E-state index contributed by atoms with van der Waals surface area (Å²) in [5, 5.41) is 1.83. The van der Waals surface area contributed by atoms with Crippen LogP contribution in [0.3, 0.4) is 0 Å². The van der Waals surface area contributed by atoms with E-state index in [0.717, 1.165) is 5.52 Å². The molecule has 0 radical (unpaired) electrons. The van der Waals surface area contributed by atoms with Crippen LogP contribution in [0.15, 0.2) is 46.2 Å². The molecule has 0 unspecified atom stereocenters. The molecule has 2 aromatic heterocycles. The second-order valence-corrected chi connectivity index (χ2v) is 4.58. The number of aromatic nitrogens is 1. The molecule has 18 heavy (non-hydrogen) atoms. The van der Waals surface area contributed by atoms with E-state index < -0.39 is 0 Å². The molecule has 0 aliphatic carbocycles. The first kappa shape index (κ1) is 11.0. The molecule has 3 rings (SSSR count). The summed E-state index contributed by atoms with van der Waals surface area (Å²) in [6.45, 7) is 0.0470. The lowest BCUT2D eigenvalue weighted by Gasteiger charge is -1.98. The van der Waals surface area contributed by atoms with Crippen molar-refractivity contribution in [3.63, 3.8) is 0 Å². The fourth-order valence-electron chi connectivity index (χ4n) is 1.57. The van der Waals surface area contributed by atoms with Gasteiger partial charge in [0.05, 0.1) is 0 Å². The van der Waals surface area contributed by atoms with Crippen LogP contribution < -0.4 is 0 Å². The number of fused-ring (bicyclic) bond motifs is 1. The van der Waals surface area contributed by atoms with Crippen LogP contribution in [0.5, 0.6) is 0 Å². The molecular formula is C13H9NO3S. The average Bonchev–Trinajstić information content (AvgIpc) is 3.04. The molecule has 1 aromatic carbocycles. The second-order valence-electron chi connectivity index (χ2n) is 3.63. The first-order valence-electron chi connectivity index (χ1n) is 5.38. The van der Waals surface area contributed by atoms with Crippen molar-refractivity contribution in [1.29, 1.82) is 0 Å². The van der Waals surface area contributed by atoms with Crippen molar-refractivity contribution >= 4 is 28.4 Å². The van der Waals surface area contributed by atoms with Crippen molar-refractivity contribution in [2.45, 2.75) is 6.61 Å². The molecule has 0 N–H and O–H groups in total. The van der Waals surface area contributed by atoms with E-state index in [2.05, 4.69) is 4.98 Å². The fourth-order valence-corrected chi connectivity index (χ4v) is 2.19. The average molecular weight is 259 g/mol. The van der Waals surface area contributed by atoms with Gasteiger partial charge in [-0.2, -0.15) is 0 Å². The molecule has 0 amide bonds. The van der Waals surface area contributed by atoms with Gasteiger partial charge in [-0.25, -0.2) is 9.78 Å². The lowest BCUT2D eigenvalue weighted by atomic mass is 10.3. The number of nitrogens with zero attached hydrogens (tertiary/aromatic N) is 1. The molecule has 0 saturated carbocycles. The van der Waals surface area contributed by atoms with Crippen molar-refractivity contribution in [2.24, 2.45) is 0 Å². The largest absolute Gasteiger partial charge is 0.451 e. The highest BCUT2D eigenvalue weighted by Crippen LogP contribution is 2.16. The molecule has 90 valence electrons. The van der Waals surface area contributed by atoms with Gasteiger partial charge in [-0.1, -0.05) is 18.2 Å². The van der Waals surface area contributed by atoms with Gasteiger partial charge < -0.3 is 9.15 Å². The first-order chi connectivity index (χ1) is 8.83. The molecule has 5 heteroatoms. The second kappa shape index (κ2) is 4.62. The fraction of sp³-hybridized carbons (Fsp3) is 0.0769. The van der Waals surface area contributed by atoms with Crippen molar-refractivity contribution in [1.82, 2.24) is 4.98 Å². The van der Waals surface area contributed by atoms with Gasteiger partial charge in [0.15, 0.2) is 12.2 Å². The van der Waals surface area contributed by atoms with E-state index in [4.69, 9.17) is 9.15 Å². The number of oxazole rings is 1. The molecule has 0 atom stereocenters. The van der Waals surface area contributed by atoms with E-state index in [1.54, 1.807) is 12.1 Å². The lowest BCUT2D eigenvalue weighted by molar-refractivity contribution is 0.0446. The van der Waals surface area contributed by atoms with E-state index in [-0.39, 0.29) is 12.6 Å². The Morgan fingerprint density at radius 3 is 2.94 bits per heavy atom. The Balaban J connectivity index is 1.71. The predicted molar refractivity (Wildman–Crippen MR) is 67.4 cm³/mol. The monoisotopic (exact) mass is 259 g/mol. The Kier molecular flexibility index (Phi) is 2.82. The molecule has 0 saturated heterocycles. The molecule has 0 aliphatic rings. The summed E-state index contributed by atoms with van der Waals surface area (Å²) < 4.78 is 10.6. The zero-order valence-electron chi connectivity index (χ0n) is 9.33. The molecule has 0 aliphatic heterocycles. The van der Waals surface area contributed by atoms with Crippen molar-refractivity contribution < 1.29 is 13.9 Å². The lowest BCUT2D eigenvalue weighted by Crippen LogP contribution is -2.03. The van der Waals surface area contributed by atoms with Gasteiger partial charge in [-0.15, -0.1) is 11.3 Å². The molecule has 3 aromatic rings. The number of carbonyl (C=O) groups is 1. The Bertz CT molecular complexity index is 639. The first-order valence-corrected chi connectivity index (χ1v) is 6.26. The minimum absolute atomic E-state index is 0.0470. The molecule has 0 bridgehead atoms. The van der Waals surface area contributed by atoms with Crippen LogP contribution in [-0.4, -0.2) is 11.0 Å². The van der Waals surface area contributed by atoms with Crippen LogP contribution in [0.25, 0.3) is 11.1 Å². The smallest absolute Gasteiger partial charge is 0.348 e. The number of hydrogen-bond donors (Lipinski definition) is 0. The summed E-state index contributed by atoms with van der Waals surface area (Å²) in [5.41, 5.74) is 1.46. The van der Waals surface area contributed by atoms with Gasteiger partial charge in [0.2, 0.25) is 5.89 Å². The summed E-state index contributed by atoms with van der Waals surface area (Å²) >= 11 is 1.35. The summed E-state index contributed by atoms with van der Waals surface area (Å²) in [5.74, 6) is 0.0494. The zero-order chi connectivity index (χ0) is 12.4. The number of rotatable bonds is 3. The van der Waals surface area contributed by atoms with Crippen LogP contribution in [0, 0.1) is 0 Å². The van der Waals surface area contributed by atoms with Crippen molar-refractivity contribution in [3.05, 3.63) is 52.5 Å². The third-order valence-electron chi connectivity index (χ3n) is 2.39. The molecular weight excluding hydrogens is 250 g/mol. The van der Waals surface area contributed by atoms with Crippen LogP contribution in [0.4, 0.5) is 0 Å². The Hall–Kier alpha value is -2.14. The Labute approximate surface area is 107 Å². The highest BCUT2D eigenvalue weighted by molar-refractivity contribution is 7.11. The van der Waals surface area contributed by atoms with Gasteiger partial charge >= 0.3 is 5.97 Å². The number of esters is 1. The van der Waals surface area contributed by atoms with E-state index in [1.165, 1.54) is 11.3 Å². The maximum atomic E-state index is 11.6. The zero-order valence-corrected chi connectivity index (χ0v) is 10.1. The highest BCUT2D eigenvalue weighted by atomic mass is 32.1. The van der Waals surface area contributed by atoms with Crippen molar-refractivity contribution in [2.75, 3.05) is 0 Å². The van der Waals surface area contributed by atoms with E-state index in [1.807, 2.05) is 29.6 Å². The van der Waals surface area contributed by atoms with Gasteiger partial charge in [-0.05, 0) is 23.6 Å². The minimum Gasteiger partial charge on any atom is -0.451 e. The molecule has 4 nitrogen and oxygen atoms in total. The SMILES string of the molecule is O=C(OCc1nc2ccccc2o1)c1cccs1. The standard InChI is InChI=1S/C13H9NO3S/c15-13(11-6-3-7-18-11)16-8-12-14-9-4-1-2-5-10(9)17-12/h1-7H,8H2. The quantitative estimate of drug-likeness (QED) is 0.677. The molecule has 0 fully saturated rings. The minimum atomic E-state index is -0.354. The number of para-hydroxylation sites is 2. The van der Waals surface area contributed by atoms with E-state index in [9.17, 15) is 4.79 Å². The topological polar surface area (TPSA) is 52.3 Å². The molecule has 2 heterocycles. The Morgan fingerprint density at radius 2 is 2.17 bits per heavy atom. The van der Waals surface area contributed by atoms with E-state index in [0.29, 0.717) is 16.4 Å². The summed E-state index contributed by atoms with van der Waals surface area (Å²) in [4.78, 5) is 16.4. The van der Waals surface area contributed by atoms with Crippen LogP contribution in [0.1, 0.15) is 15.6 Å².